The molecule has 2 aromatic carbocycles. The highest BCUT2D eigenvalue weighted by molar-refractivity contribution is 6.06. The first-order valence-electron chi connectivity index (χ1n) is 6.89. The van der Waals surface area contributed by atoms with E-state index in [4.69, 9.17) is 5.73 Å². The number of nitrogens with zero attached hydrogens (tertiary/aromatic N) is 1. The molecule has 4 heteroatoms. The van der Waals surface area contributed by atoms with Crippen molar-refractivity contribution in [1.82, 2.24) is 4.90 Å². The van der Waals surface area contributed by atoms with Crippen LogP contribution in [0.2, 0.25) is 0 Å². The summed E-state index contributed by atoms with van der Waals surface area (Å²) in [5, 5.41) is 0. The maximum atomic E-state index is 12.5. The predicted molar refractivity (Wildman–Crippen MR) is 80.2 cm³/mol. The Hall–Kier alpha value is -2.62. The molecule has 1 aliphatic rings. The summed E-state index contributed by atoms with van der Waals surface area (Å²) in [4.78, 5) is 25.9. The molecule has 2 amide bonds. The summed E-state index contributed by atoms with van der Waals surface area (Å²) in [5.74, 6) is -0.638. The van der Waals surface area contributed by atoms with E-state index in [1.165, 1.54) is 4.90 Å². The maximum absolute atomic E-state index is 12.5. The van der Waals surface area contributed by atoms with E-state index in [9.17, 15) is 9.59 Å². The summed E-state index contributed by atoms with van der Waals surface area (Å²) < 4.78 is 0. The Balaban J connectivity index is 1.80. The molecule has 0 aromatic heterocycles. The van der Waals surface area contributed by atoms with Gasteiger partial charge in [0.2, 0.25) is 11.8 Å². The number of carbonyl (C=O) groups excluding carboxylic acids is 2. The lowest BCUT2D eigenvalue weighted by molar-refractivity contribution is -0.139. The van der Waals surface area contributed by atoms with Crippen LogP contribution in [0.4, 0.5) is 5.69 Å². The van der Waals surface area contributed by atoms with E-state index in [-0.39, 0.29) is 24.2 Å². The number of carbonyl (C=O) groups is 2. The number of benzene rings is 2. The van der Waals surface area contributed by atoms with Crippen molar-refractivity contribution in [2.24, 2.45) is 0 Å². The van der Waals surface area contributed by atoms with Crippen molar-refractivity contribution in [3.05, 3.63) is 65.7 Å². The zero-order valence-electron chi connectivity index (χ0n) is 11.5. The standard InChI is InChI=1S/C17H16N2O2/c18-14-8-6-13(7-9-14)15-10-16(20)19(17(15)21)11-12-4-2-1-3-5-12/h1-9,15H,10-11,18H2. The van der Waals surface area contributed by atoms with Crippen LogP contribution in [-0.2, 0) is 16.1 Å². The number of likely N-dealkylation sites (tertiary alicyclic amines) is 1. The van der Waals surface area contributed by atoms with Gasteiger partial charge in [-0.1, -0.05) is 42.5 Å². The average molecular weight is 280 g/mol. The second-order valence-corrected chi connectivity index (χ2v) is 5.23. The quantitative estimate of drug-likeness (QED) is 0.693. The van der Waals surface area contributed by atoms with Gasteiger partial charge in [0.05, 0.1) is 12.5 Å². The Bertz CT molecular complexity index is 665. The van der Waals surface area contributed by atoms with Crippen LogP contribution in [0.3, 0.4) is 0 Å². The van der Waals surface area contributed by atoms with E-state index in [0.29, 0.717) is 12.2 Å². The van der Waals surface area contributed by atoms with Gasteiger partial charge in [-0.15, -0.1) is 0 Å². The van der Waals surface area contributed by atoms with Crippen LogP contribution in [0.5, 0.6) is 0 Å². The molecule has 1 fully saturated rings. The average Bonchev–Trinajstić information content (AvgIpc) is 2.77. The minimum Gasteiger partial charge on any atom is -0.399 e. The van der Waals surface area contributed by atoms with Crippen LogP contribution >= 0.6 is 0 Å². The first-order valence-corrected chi connectivity index (χ1v) is 6.89. The zero-order valence-corrected chi connectivity index (χ0v) is 11.5. The molecule has 1 aliphatic heterocycles. The number of amides is 2. The van der Waals surface area contributed by atoms with Gasteiger partial charge in [0.1, 0.15) is 0 Å². The summed E-state index contributed by atoms with van der Waals surface area (Å²) in [5.41, 5.74) is 8.11. The van der Waals surface area contributed by atoms with Crippen LogP contribution in [0.15, 0.2) is 54.6 Å². The van der Waals surface area contributed by atoms with Gasteiger partial charge < -0.3 is 5.73 Å². The molecule has 3 rings (SSSR count). The Kier molecular flexibility index (Phi) is 3.44. The third-order valence-corrected chi connectivity index (χ3v) is 3.77. The van der Waals surface area contributed by atoms with Gasteiger partial charge in [0.25, 0.3) is 0 Å². The summed E-state index contributed by atoms with van der Waals surface area (Å²) in [7, 11) is 0. The van der Waals surface area contributed by atoms with Crippen molar-refractivity contribution in [3.63, 3.8) is 0 Å². The van der Waals surface area contributed by atoms with Gasteiger partial charge in [-0.3, -0.25) is 14.5 Å². The summed E-state index contributed by atoms with van der Waals surface area (Å²) in [6, 6.07) is 16.7. The largest absolute Gasteiger partial charge is 0.399 e. The van der Waals surface area contributed by atoms with Gasteiger partial charge in [-0.25, -0.2) is 0 Å². The minimum absolute atomic E-state index is 0.120. The molecule has 0 aliphatic carbocycles. The molecule has 1 atom stereocenters. The number of nitrogens with two attached hydrogens (primary N) is 1. The molecule has 1 heterocycles. The molecule has 1 unspecified atom stereocenters. The van der Waals surface area contributed by atoms with Crippen molar-refractivity contribution >= 4 is 17.5 Å². The number of hydrogen-bond acceptors (Lipinski definition) is 3. The fourth-order valence-electron chi connectivity index (χ4n) is 2.60. The fourth-order valence-corrected chi connectivity index (χ4v) is 2.60. The van der Waals surface area contributed by atoms with Crippen molar-refractivity contribution < 1.29 is 9.59 Å². The molecule has 0 spiro atoms. The monoisotopic (exact) mass is 280 g/mol. The highest BCUT2D eigenvalue weighted by atomic mass is 16.2. The molecule has 106 valence electrons. The smallest absolute Gasteiger partial charge is 0.237 e. The van der Waals surface area contributed by atoms with E-state index in [1.807, 2.05) is 42.5 Å². The van der Waals surface area contributed by atoms with Crippen LogP contribution < -0.4 is 5.73 Å². The Morgan fingerprint density at radius 2 is 1.67 bits per heavy atom. The van der Waals surface area contributed by atoms with Gasteiger partial charge in [0, 0.05) is 12.1 Å². The summed E-state index contributed by atoms with van der Waals surface area (Å²) in [6.45, 7) is 0.337. The van der Waals surface area contributed by atoms with Crippen molar-refractivity contribution in [3.8, 4) is 0 Å². The van der Waals surface area contributed by atoms with E-state index in [2.05, 4.69) is 0 Å². The van der Waals surface area contributed by atoms with E-state index in [0.717, 1.165) is 11.1 Å². The second-order valence-electron chi connectivity index (χ2n) is 5.23. The van der Waals surface area contributed by atoms with Crippen molar-refractivity contribution in [1.29, 1.82) is 0 Å². The first-order chi connectivity index (χ1) is 10.1. The van der Waals surface area contributed by atoms with Crippen LogP contribution in [0.25, 0.3) is 0 Å². The Labute approximate surface area is 123 Å². The minimum atomic E-state index is -0.387. The molecule has 0 saturated carbocycles. The topological polar surface area (TPSA) is 63.4 Å². The zero-order chi connectivity index (χ0) is 14.8. The van der Waals surface area contributed by atoms with Crippen LogP contribution in [-0.4, -0.2) is 16.7 Å². The van der Waals surface area contributed by atoms with Gasteiger partial charge >= 0.3 is 0 Å². The third kappa shape index (κ3) is 2.65. The Morgan fingerprint density at radius 3 is 2.33 bits per heavy atom. The normalized spacial score (nSPS) is 18.3. The molecule has 1 saturated heterocycles. The SMILES string of the molecule is Nc1ccc(C2CC(=O)N(Cc3ccccc3)C2=O)cc1. The fraction of sp³-hybridized carbons (Fsp3) is 0.176. The molecular formula is C17H16N2O2. The van der Waals surface area contributed by atoms with E-state index >= 15 is 0 Å². The number of anilines is 1. The molecular weight excluding hydrogens is 264 g/mol. The lowest BCUT2D eigenvalue weighted by Crippen LogP contribution is -2.29. The maximum Gasteiger partial charge on any atom is 0.237 e. The van der Waals surface area contributed by atoms with E-state index in [1.54, 1.807) is 12.1 Å². The molecule has 4 nitrogen and oxygen atoms in total. The number of imide groups is 1. The summed E-state index contributed by atoms with van der Waals surface area (Å²) in [6.07, 6.45) is 0.232. The van der Waals surface area contributed by atoms with Crippen molar-refractivity contribution in [2.45, 2.75) is 18.9 Å². The second kappa shape index (κ2) is 5.40. The Morgan fingerprint density at radius 1 is 1.00 bits per heavy atom. The summed E-state index contributed by atoms with van der Waals surface area (Å²) >= 11 is 0. The highest BCUT2D eigenvalue weighted by Crippen LogP contribution is 2.31. The molecule has 0 radical (unpaired) electrons. The molecule has 0 bridgehead atoms. The molecule has 2 N–H and O–H groups in total. The first kappa shape index (κ1) is 13.4. The lowest BCUT2D eigenvalue weighted by Gasteiger charge is -2.15. The number of rotatable bonds is 3. The lowest BCUT2D eigenvalue weighted by atomic mass is 9.97. The van der Waals surface area contributed by atoms with Crippen molar-refractivity contribution in [2.75, 3.05) is 5.73 Å². The molecule has 2 aromatic rings. The number of nitrogen functional groups attached to an aromatic ring is 1. The van der Waals surface area contributed by atoms with Crippen LogP contribution in [0.1, 0.15) is 23.5 Å². The van der Waals surface area contributed by atoms with Gasteiger partial charge in [-0.05, 0) is 23.3 Å². The van der Waals surface area contributed by atoms with E-state index < -0.39 is 0 Å². The highest BCUT2D eigenvalue weighted by Gasteiger charge is 2.39. The molecule has 21 heavy (non-hydrogen) atoms. The third-order valence-electron chi connectivity index (χ3n) is 3.77. The van der Waals surface area contributed by atoms with Crippen LogP contribution in [0, 0.1) is 0 Å². The van der Waals surface area contributed by atoms with Gasteiger partial charge in [-0.2, -0.15) is 0 Å². The predicted octanol–water partition coefficient (Wildman–Crippen LogP) is 2.31. The van der Waals surface area contributed by atoms with Gasteiger partial charge in [0.15, 0.2) is 0 Å². The number of hydrogen-bond donors (Lipinski definition) is 1.